The Hall–Kier alpha value is -1.07. The van der Waals surface area contributed by atoms with Crippen LogP contribution < -0.4 is 9.47 Å². The molecule has 1 aliphatic rings. The molecule has 2 rings (SSSR count). The predicted octanol–water partition coefficient (Wildman–Crippen LogP) is 2.16. The van der Waals surface area contributed by atoms with E-state index in [0.717, 1.165) is 34.6 Å². The van der Waals surface area contributed by atoms with Crippen molar-refractivity contribution in [3.63, 3.8) is 0 Å². The molecule has 1 aliphatic heterocycles. The zero-order valence-corrected chi connectivity index (χ0v) is 11.5. The summed E-state index contributed by atoms with van der Waals surface area (Å²) >= 11 is 3.49. The zero-order valence-electron chi connectivity index (χ0n) is 9.94. The van der Waals surface area contributed by atoms with Gasteiger partial charge in [-0.2, -0.15) is 0 Å². The van der Waals surface area contributed by atoms with Gasteiger partial charge in [-0.05, 0) is 42.2 Å². The third-order valence-corrected chi connectivity index (χ3v) is 3.09. The van der Waals surface area contributed by atoms with Crippen LogP contribution in [0.4, 0.5) is 0 Å². The second kappa shape index (κ2) is 5.51. The first-order valence-corrected chi connectivity index (χ1v) is 6.20. The van der Waals surface area contributed by atoms with Crippen LogP contribution in [0.15, 0.2) is 21.6 Å². The fraction of sp³-hybridized carbons (Fsp3) is 0.417. The summed E-state index contributed by atoms with van der Waals surface area (Å²) in [6.07, 6.45) is 1.86. The second-order valence-corrected chi connectivity index (χ2v) is 4.92. The predicted molar refractivity (Wildman–Crippen MR) is 71.3 cm³/mol. The summed E-state index contributed by atoms with van der Waals surface area (Å²) in [6, 6.07) is 3.85. The summed E-state index contributed by atoms with van der Waals surface area (Å²) in [7, 11) is 4.07. The van der Waals surface area contributed by atoms with Crippen LogP contribution in [0.25, 0.3) is 0 Å². The minimum Gasteiger partial charge on any atom is -0.454 e. The Morgan fingerprint density at radius 3 is 2.76 bits per heavy atom. The fourth-order valence-electron chi connectivity index (χ4n) is 1.45. The molecule has 17 heavy (non-hydrogen) atoms. The molecule has 0 aromatic heterocycles. The Morgan fingerprint density at radius 1 is 1.35 bits per heavy atom. The maximum absolute atomic E-state index is 5.33. The molecular weight excluding hydrogens is 284 g/mol. The van der Waals surface area contributed by atoms with Crippen LogP contribution in [0.5, 0.6) is 11.5 Å². The Kier molecular flexibility index (Phi) is 4.02. The lowest BCUT2D eigenvalue weighted by atomic mass is 10.2. The van der Waals surface area contributed by atoms with Gasteiger partial charge < -0.3 is 14.4 Å². The summed E-state index contributed by atoms with van der Waals surface area (Å²) in [5, 5.41) is 0. The lowest BCUT2D eigenvalue weighted by molar-refractivity contribution is 0.174. The number of fused-ring (bicyclic) bond motifs is 1. The minimum atomic E-state index is 0.295. The van der Waals surface area contributed by atoms with Gasteiger partial charge in [0.05, 0.1) is 6.54 Å². The molecule has 0 N–H and O–H groups in total. The van der Waals surface area contributed by atoms with E-state index in [1.54, 1.807) is 0 Å². The average molecular weight is 299 g/mol. The summed E-state index contributed by atoms with van der Waals surface area (Å²) in [4.78, 5) is 6.48. The normalized spacial score (nSPS) is 13.9. The van der Waals surface area contributed by atoms with Crippen LogP contribution in [0.2, 0.25) is 0 Å². The number of hydrogen-bond acceptors (Lipinski definition) is 4. The van der Waals surface area contributed by atoms with Gasteiger partial charge in [0.2, 0.25) is 6.79 Å². The van der Waals surface area contributed by atoms with Crippen LogP contribution in [0.3, 0.4) is 0 Å². The van der Waals surface area contributed by atoms with Gasteiger partial charge in [-0.3, -0.25) is 4.99 Å². The summed E-state index contributed by atoms with van der Waals surface area (Å²) in [5.74, 6) is 1.56. The van der Waals surface area contributed by atoms with E-state index < -0.39 is 0 Å². The van der Waals surface area contributed by atoms with Crippen molar-refractivity contribution in [2.75, 3.05) is 34.0 Å². The van der Waals surface area contributed by atoms with Gasteiger partial charge in [0.25, 0.3) is 0 Å². The second-order valence-electron chi connectivity index (χ2n) is 4.07. The highest BCUT2D eigenvalue weighted by atomic mass is 79.9. The molecule has 0 radical (unpaired) electrons. The van der Waals surface area contributed by atoms with Crippen molar-refractivity contribution < 1.29 is 9.47 Å². The van der Waals surface area contributed by atoms with E-state index in [1.165, 1.54) is 0 Å². The highest BCUT2D eigenvalue weighted by molar-refractivity contribution is 9.10. The largest absolute Gasteiger partial charge is 0.454 e. The smallest absolute Gasteiger partial charge is 0.231 e. The van der Waals surface area contributed by atoms with Crippen molar-refractivity contribution in [2.45, 2.75) is 0 Å². The highest BCUT2D eigenvalue weighted by Crippen LogP contribution is 2.36. The number of ether oxygens (including phenoxy) is 2. The number of halogens is 1. The molecule has 5 heteroatoms. The number of likely N-dealkylation sites (N-methyl/N-ethyl adjacent to an activating group) is 1. The molecule has 0 bridgehead atoms. The van der Waals surface area contributed by atoms with E-state index in [4.69, 9.17) is 9.47 Å². The van der Waals surface area contributed by atoms with Gasteiger partial charge in [0.1, 0.15) is 0 Å². The van der Waals surface area contributed by atoms with E-state index in [2.05, 4.69) is 25.8 Å². The summed E-state index contributed by atoms with van der Waals surface area (Å²) in [6.45, 7) is 2.02. The molecule has 0 aliphatic carbocycles. The third-order valence-electron chi connectivity index (χ3n) is 2.40. The maximum Gasteiger partial charge on any atom is 0.231 e. The Labute approximate surface area is 109 Å². The molecule has 0 fully saturated rings. The quantitative estimate of drug-likeness (QED) is 0.799. The molecule has 0 unspecified atom stereocenters. The van der Waals surface area contributed by atoms with Crippen molar-refractivity contribution in [1.29, 1.82) is 0 Å². The molecule has 1 heterocycles. The molecule has 0 amide bonds. The van der Waals surface area contributed by atoms with Crippen molar-refractivity contribution in [1.82, 2.24) is 4.90 Å². The van der Waals surface area contributed by atoms with Gasteiger partial charge in [-0.25, -0.2) is 0 Å². The number of rotatable bonds is 4. The molecule has 1 aromatic carbocycles. The van der Waals surface area contributed by atoms with Gasteiger partial charge in [-0.1, -0.05) is 0 Å². The van der Waals surface area contributed by atoms with Crippen molar-refractivity contribution in [3.8, 4) is 11.5 Å². The van der Waals surface area contributed by atoms with Crippen LogP contribution in [0.1, 0.15) is 5.56 Å². The third kappa shape index (κ3) is 3.20. The lowest BCUT2D eigenvalue weighted by Crippen LogP contribution is -2.15. The van der Waals surface area contributed by atoms with E-state index >= 15 is 0 Å². The minimum absolute atomic E-state index is 0.295. The Bertz CT molecular complexity index is 433. The molecular formula is C12H15BrN2O2. The van der Waals surface area contributed by atoms with Gasteiger partial charge in [0.15, 0.2) is 11.5 Å². The molecule has 0 spiro atoms. The Morgan fingerprint density at radius 2 is 2.06 bits per heavy atom. The monoisotopic (exact) mass is 298 g/mol. The van der Waals surface area contributed by atoms with Gasteiger partial charge >= 0.3 is 0 Å². The summed E-state index contributed by atoms with van der Waals surface area (Å²) in [5.41, 5.74) is 1.01. The first kappa shape index (κ1) is 12.4. The first-order valence-electron chi connectivity index (χ1n) is 5.40. The number of nitrogens with zero attached hydrogens (tertiary/aromatic N) is 2. The van der Waals surface area contributed by atoms with Crippen LogP contribution in [-0.4, -0.2) is 45.1 Å². The number of hydrogen-bond donors (Lipinski definition) is 0. The van der Waals surface area contributed by atoms with E-state index in [0.29, 0.717) is 6.79 Å². The molecule has 0 atom stereocenters. The topological polar surface area (TPSA) is 34.1 Å². The number of benzene rings is 1. The molecule has 4 nitrogen and oxygen atoms in total. The Balaban J connectivity index is 2.06. The SMILES string of the molecule is CN(C)CCN=Cc1cc2c(cc1Br)OCO2. The van der Waals surface area contributed by atoms with E-state index in [9.17, 15) is 0 Å². The molecule has 0 saturated carbocycles. The van der Waals surface area contributed by atoms with Crippen LogP contribution in [0, 0.1) is 0 Å². The molecule has 92 valence electrons. The van der Waals surface area contributed by atoms with Gasteiger partial charge in [0, 0.05) is 22.8 Å². The highest BCUT2D eigenvalue weighted by Gasteiger charge is 2.15. The number of aliphatic imine (C=N–C) groups is 1. The van der Waals surface area contributed by atoms with E-state index in [1.807, 2.05) is 32.4 Å². The summed E-state index contributed by atoms with van der Waals surface area (Å²) < 4.78 is 11.6. The van der Waals surface area contributed by atoms with Crippen LogP contribution in [-0.2, 0) is 0 Å². The van der Waals surface area contributed by atoms with E-state index in [-0.39, 0.29) is 0 Å². The van der Waals surface area contributed by atoms with Crippen molar-refractivity contribution in [3.05, 3.63) is 22.2 Å². The molecule has 1 aromatic rings. The molecule has 0 saturated heterocycles. The standard InChI is InChI=1S/C12H15BrN2O2/c1-15(2)4-3-14-7-9-5-11-12(6-10(9)13)17-8-16-11/h5-7H,3-4,8H2,1-2H3. The lowest BCUT2D eigenvalue weighted by Gasteiger charge is -2.05. The van der Waals surface area contributed by atoms with Gasteiger partial charge in [-0.15, -0.1) is 0 Å². The average Bonchev–Trinajstić information content (AvgIpc) is 2.71. The first-order chi connectivity index (χ1) is 8.16. The van der Waals surface area contributed by atoms with Crippen molar-refractivity contribution in [2.24, 2.45) is 4.99 Å². The fourth-order valence-corrected chi connectivity index (χ4v) is 1.88. The maximum atomic E-state index is 5.33. The van der Waals surface area contributed by atoms with Crippen LogP contribution >= 0.6 is 15.9 Å². The van der Waals surface area contributed by atoms with Crippen molar-refractivity contribution >= 4 is 22.1 Å². The zero-order chi connectivity index (χ0) is 12.3.